The van der Waals surface area contributed by atoms with E-state index in [0.717, 1.165) is 44.7 Å². The molecule has 2 aliphatic rings. The molecule has 1 heterocycles. The van der Waals surface area contributed by atoms with E-state index in [0.29, 0.717) is 0 Å². The van der Waals surface area contributed by atoms with E-state index < -0.39 is 0 Å². The molecule has 0 spiro atoms. The summed E-state index contributed by atoms with van der Waals surface area (Å²) in [5.74, 6) is -0.173. The van der Waals surface area contributed by atoms with E-state index in [-0.39, 0.29) is 24.4 Å². The Morgan fingerprint density at radius 1 is 1.00 bits per heavy atom. The molecule has 2 fully saturated rings. The molecule has 1 saturated heterocycles. The van der Waals surface area contributed by atoms with E-state index in [2.05, 4.69) is 34.3 Å². The molecule has 3 rings (SSSR count). The monoisotopic (exact) mass is 386 g/mol. The highest BCUT2D eigenvalue weighted by molar-refractivity contribution is 5.97. The lowest BCUT2D eigenvalue weighted by Gasteiger charge is -2.34. The van der Waals surface area contributed by atoms with Gasteiger partial charge in [0.2, 0.25) is 11.8 Å². The molecular weight excluding hydrogens is 352 g/mol. The van der Waals surface area contributed by atoms with Crippen molar-refractivity contribution in [2.75, 3.05) is 49.6 Å². The topological polar surface area (TPSA) is 55.9 Å². The average molecular weight is 387 g/mol. The van der Waals surface area contributed by atoms with Crippen LogP contribution in [-0.2, 0) is 9.59 Å². The van der Waals surface area contributed by atoms with E-state index in [1.807, 2.05) is 12.1 Å². The molecule has 154 valence electrons. The molecule has 1 aliphatic carbocycles. The van der Waals surface area contributed by atoms with Gasteiger partial charge in [-0.3, -0.25) is 9.59 Å². The predicted molar refractivity (Wildman–Crippen MR) is 114 cm³/mol. The number of nitrogens with zero attached hydrogens (tertiary/aromatic N) is 3. The minimum Gasteiger partial charge on any atom is -0.369 e. The van der Waals surface area contributed by atoms with Crippen LogP contribution in [0.15, 0.2) is 24.3 Å². The Morgan fingerprint density at radius 3 is 2.18 bits per heavy atom. The molecule has 6 heteroatoms. The van der Waals surface area contributed by atoms with Crippen LogP contribution in [0.2, 0.25) is 0 Å². The second kappa shape index (κ2) is 9.92. The van der Waals surface area contributed by atoms with E-state index in [1.54, 1.807) is 4.90 Å². The van der Waals surface area contributed by atoms with Crippen LogP contribution in [0.3, 0.4) is 0 Å². The largest absolute Gasteiger partial charge is 0.369 e. The van der Waals surface area contributed by atoms with Crippen molar-refractivity contribution in [1.82, 2.24) is 10.2 Å². The molecule has 28 heavy (non-hydrogen) atoms. The van der Waals surface area contributed by atoms with Crippen molar-refractivity contribution in [2.45, 2.75) is 51.5 Å². The third kappa shape index (κ3) is 5.71. The first-order chi connectivity index (χ1) is 13.5. The van der Waals surface area contributed by atoms with Gasteiger partial charge in [-0.25, -0.2) is 0 Å². The number of benzene rings is 1. The molecular formula is C22H34N4O2. The summed E-state index contributed by atoms with van der Waals surface area (Å²) < 4.78 is 0. The van der Waals surface area contributed by atoms with Crippen LogP contribution >= 0.6 is 0 Å². The highest BCUT2D eigenvalue weighted by Gasteiger charge is 2.20. The van der Waals surface area contributed by atoms with Crippen LogP contribution in [0.25, 0.3) is 0 Å². The predicted octanol–water partition coefficient (Wildman–Crippen LogP) is 2.63. The summed E-state index contributed by atoms with van der Waals surface area (Å²) in [6, 6.07) is 8.27. The number of likely N-dealkylation sites (N-methyl/N-ethyl adjacent to an activating group) is 1. The molecule has 6 nitrogen and oxygen atoms in total. The quantitative estimate of drug-likeness (QED) is 0.791. The Bertz CT molecular complexity index is 645. The Morgan fingerprint density at radius 2 is 1.61 bits per heavy atom. The van der Waals surface area contributed by atoms with Gasteiger partial charge in [0.15, 0.2) is 0 Å². The number of hydrogen-bond acceptors (Lipinski definition) is 4. The van der Waals surface area contributed by atoms with Gasteiger partial charge in [0.05, 0.1) is 0 Å². The summed E-state index contributed by atoms with van der Waals surface area (Å²) >= 11 is 0. The third-order valence-corrected chi connectivity index (χ3v) is 5.93. The van der Waals surface area contributed by atoms with Gasteiger partial charge < -0.3 is 20.0 Å². The van der Waals surface area contributed by atoms with E-state index in [9.17, 15) is 9.59 Å². The lowest BCUT2D eigenvalue weighted by Crippen LogP contribution is -2.44. The van der Waals surface area contributed by atoms with Crippen molar-refractivity contribution in [3.05, 3.63) is 24.3 Å². The molecule has 0 aromatic heterocycles. The maximum Gasteiger partial charge on any atom is 0.240 e. The Kier molecular flexibility index (Phi) is 7.31. The van der Waals surface area contributed by atoms with Gasteiger partial charge in [0.1, 0.15) is 6.54 Å². The van der Waals surface area contributed by atoms with Crippen molar-refractivity contribution in [3.8, 4) is 0 Å². The van der Waals surface area contributed by atoms with Crippen molar-refractivity contribution < 1.29 is 9.59 Å². The summed E-state index contributed by atoms with van der Waals surface area (Å²) in [5.41, 5.74) is 1.95. The number of rotatable bonds is 5. The molecule has 1 aromatic rings. The Balaban J connectivity index is 1.59. The zero-order valence-electron chi connectivity index (χ0n) is 17.3. The van der Waals surface area contributed by atoms with Crippen molar-refractivity contribution in [1.29, 1.82) is 0 Å². The van der Waals surface area contributed by atoms with Gasteiger partial charge in [0.25, 0.3) is 0 Å². The van der Waals surface area contributed by atoms with Gasteiger partial charge in [0, 0.05) is 50.5 Å². The molecule has 2 amide bonds. The second-order valence-electron chi connectivity index (χ2n) is 8.17. The number of amides is 2. The lowest BCUT2D eigenvalue weighted by atomic mass is 10.1. The number of nitrogens with one attached hydrogen (secondary N) is 1. The van der Waals surface area contributed by atoms with E-state index in [1.165, 1.54) is 38.3 Å². The van der Waals surface area contributed by atoms with Gasteiger partial charge >= 0.3 is 0 Å². The SMILES string of the molecule is CC(=O)N(CC(=O)NC1CCCCCC1)c1ccc(N2CCN(C)CC2)cc1. The lowest BCUT2D eigenvalue weighted by molar-refractivity contribution is -0.123. The number of piperazine rings is 1. The van der Waals surface area contributed by atoms with Gasteiger partial charge in [-0.2, -0.15) is 0 Å². The summed E-state index contributed by atoms with van der Waals surface area (Å²) in [5, 5.41) is 3.14. The summed E-state index contributed by atoms with van der Waals surface area (Å²) in [6.07, 6.45) is 6.96. The second-order valence-corrected chi connectivity index (χ2v) is 8.17. The smallest absolute Gasteiger partial charge is 0.240 e. The van der Waals surface area contributed by atoms with Crippen molar-refractivity contribution in [2.24, 2.45) is 0 Å². The Hall–Kier alpha value is -2.08. The highest BCUT2D eigenvalue weighted by Crippen LogP contribution is 2.22. The van der Waals surface area contributed by atoms with Crippen LogP contribution in [0.4, 0.5) is 11.4 Å². The third-order valence-electron chi connectivity index (χ3n) is 5.93. The van der Waals surface area contributed by atoms with Gasteiger partial charge in [-0.1, -0.05) is 25.7 Å². The minimum atomic E-state index is -0.108. The maximum atomic E-state index is 12.5. The fourth-order valence-corrected chi connectivity index (χ4v) is 4.13. The molecule has 0 atom stereocenters. The first-order valence-corrected chi connectivity index (χ1v) is 10.6. The number of carbonyl (C=O) groups is 2. The maximum absolute atomic E-state index is 12.5. The zero-order chi connectivity index (χ0) is 19.9. The van der Waals surface area contributed by atoms with E-state index in [4.69, 9.17) is 0 Å². The molecule has 0 radical (unpaired) electrons. The summed E-state index contributed by atoms with van der Waals surface area (Å²) in [4.78, 5) is 31.0. The first-order valence-electron chi connectivity index (χ1n) is 10.6. The zero-order valence-corrected chi connectivity index (χ0v) is 17.3. The van der Waals surface area contributed by atoms with Crippen molar-refractivity contribution in [3.63, 3.8) is 0 Å². The van der Waals surface area contributed by atoms with Gasteiger partial charge in [-0.15, -0.1) is 0 Å². The van der Waals surface area contributed by atoms with Crippen LogP contribution in [0.5, 0.6) is 0 Å². The molecule has 0 unspecified atom stereocenters. The fraction of sp³-hybridized carbons (Fsp3) is 0.636. The molecule has 1 aliphatic heterocycles. The van der Waals surface area contributed by atoms with Gasteiger partial charge in [-0.05, 0) is 44.2 Å². The average Bonchev–Trinajstić information content (AvgIpc) is 2.95. The highest BCUT2D eigenvalue weighted by atomic mass is 16.2. The molecule has 1 N–H and O–H groups in total. The first kappa shape index (κ1) is 20.6. The number of anilines is 2. The number of hydrogen-bond donors (Lipinski definition) is 1. The standard InChI is InChI=1S/C22H34N4O2/c1-18(27)26(17-22(28)23-19-7-5-3-4-6-8-19)21-11-9-20(10-12-21)25-15-13-24(2)14-16-25/h9-12,19H,3-8,13-17H2,1-2H3,(H,23,28). The normalized spacial score (nSPS) is 19.1. The number of carbonyl (C=O) groups excluding carboxylic acids is 2. The molecule has 0 bridgehead atoms. The van der Waals surface area contributed by atoms with Crippen molar-refractivity contribution >= 4 is 23.2 Å². The fourth-order valence-electron chi connectivity index (χ4n) is 4.13. The van der Waals surface area contributed by atoms with Crippen LogP contribution < -0.4 is 15.1 Å². The van der Waals surface area contributed by atoms with E-state index >= 15 is 0 Å². The minimum absolute atomic E-state index is 0.0646. The Labute approximate surface area is 168 Å². The molecule has 1 saturated carbocycles. The van der Waals surface area contributed by atoms with Crippen LogP contribution in [0.1, 0.15) is 45.4 Å². The summed E-state index contributed by atoms with van der Waals surface area (Å²) in [6.45, 7) is 5.74. The van der Waals surface area contributed by atoms with Crippen LogP contribution in [0, 0.1) is 0 Å². The molecule has 1 aromatic carbocycles. The summed E-state index contributed by atoms with van der Waals surface area (Å²) in [7, 11) is 2.14. The van der Waals surface area contributed by atoms with Crippen LogP contribution in [-0.4, -0.2) is 62.5 Å².